The van der Waals surface area contributed by atoms with Gasteiger partial charge in [-0.3, -0.25) is 4.98 Å². The zero-order chi connectivity index (χ0) is 24.1. The van der Waals surface area contributed by atoms with Crippen LogP contribution >= 0.6 is 11.8 Å². The number of hydrogen-bond donors (Lipinski definition) is 2. The molecule has 9 heteroatoms. The van der Waals surface area contributed by atoms with E-state index in [0.717, 1.165) is 64.3 Å². The van der Waals surface area contributed by atoms with Gasteiger partial charge in [0.05, 0.1) is 22.5 Å². The van der Waals surface area contributed by atoms with Crippen molar-refractivity contribution >= 4 is 29.3 Å². The Morgan fingerprint density at radius 3 is 2.40 bits per heavy atom. The maximum atomic E-state index is 12.0. The fourth-order valence-corrected chi connectivity index (χ4v) is 6.52. The summed E-state index contributed by atoms with van der Waals surface area (Å²) in [5.41, 5.74) is 17.9. The largest absolute Gasteiger partial charge is 0.383 e. The number of piperidine rings is 1. The third kappa shape index (κ3) is 3.61. The highest BCUT2D eigenvalue weighted by molar-refractivity contribution is 7.98. The van der Waals surface area contributed by atoms with E-state index in [9.17, 15) is 4.79 Å². The molecule has 0 aliphatic carbocycles. The number of thioether (sulfide) groups is 1. The number of urea groups is 1. The van der Waals surface area contributed by atoms with Gasteiger partial charge in [0.25, 0.3) is 0 Å². The number of fused-ring (bicyclic) bond motifs is 3. The highest BCUT2D eigenvalue weighted by Crippen LogP contribution is 2.45. The second-order valence-corrected chi connectivity index (χ2v) is 10.1. The molecule has 2 aliphatic heterocycles. The summed E-state index contributed by atoms with van der Waals surface area (Å²) in [5.74, 6) is 0.821. The van der Waals surface area contributed by atoms with Crippen LogP contribution in [-0.2, 0) is 0 Å². The van der Waals surface area contributed by atoms with Crippen LogP contribution in [0.2, 0.25) is 0 Å². The molecule has 6 rings (SSSR count). The number of nitrogens with two attached hydrogens (primary N) is 2. The highest BCUT2D eigenvalue weighted by atomic mass is 32.2. The number of anilines is 1. The summed E-state index contributed by atoms with van der Waals surface area (Å²) in [6.07, 6.45) is 9.39. The van der Waals surface area contributed by atoms with Gasteiger partial charge in [-0.05, 0) is 38.0 Å². The minimum atomic E-state index is -0.312. The molecule has 2 saturated heterocycles. The Labute approximate surface area is 207 Å². The van der Waals surface area contributed by atoms with Crippen LogP contribution in [0, 0.1) is 0 Å². The van der Waals surface area contributed by atoms with Crippen LogP contribution in [0.15, 0.2) is 59.8 Å². The zero-order valence-electron chi connectivity index (χ0n) is 19.5. The van der Waals surface area contributed by atoms with Gasteiger partial charge in [0.1, 0.15) is 5.82 Å². The predicted molar refractivity (Wildman–Crippen MR) is 138 cm³/mol. The van der Waals surface area contributed by atoms with E-state index >= 15 is 0 Å². The highest BCUT2D eigenvalue weighted by Gasteiger charge is 2.44. The lowest BCUT2D eigenvalue weighted by atomic mass is 9.88. The van der Waals surface area contributed by atoms with Crippen LogP contribution < -0.4 is 11.5 Å². The van der Waals surface area contributed by atoms with E-state index in [1.54, 1.807) is 16.3 Å². The third-order valence-corrected chi connectivity index (χ3v) is 8.21. The van der Waals surface area contributed by atoms with Crippen molar-refractivity contribution in [2.45, 2.75) is 48.6 Å². The normalized spacial score (nSPS) is 21.5. The SMILES string of the molecule is CSc1c(C2CC3CCC(C2)N3C(N)=O)nc2c(-c3ccc(-c4ccccc4)nc3)cnn2c1N. The minimum Gasteiger partial charge on any atom is -0.383 e. The van der Waals surface area contributed by atoms with E-state index in [1.807, 2.05) is 59.9 Å². The fourth-order valence-electron chi connectivity index (χ4n) is 5.80. The Balaban J connectivity index is 1.40. The molecule has 2 amide bonds. The molecule has 8 nitrogen and oxygen atoms in total. The molecule has 2 atom stereocenters. The van der Waals surface area contributed by atoms with E-state index < -0.39 is 0 Å². The standard InChI is InChI=1S/C26H27N7OS/c1-35-23-22(17-11-18-8-9-19(12-17)32(18)26(28)34)31-25-20(14-30-33(25)24(23)27)16-7-10-21(29-13-16)15-5-3-2-4-6-15/h2-7,10,13-14,17-19H,8-9,11-12,27H2,1H3,(H2,28,34). The molecule has 4 N–H and O–H groups in total. The predicted octanol–water partition coefficient (Wildman–Crippen LogP) is 4.55. The molecular formula is C26H27N7OS. The molecule has 0 radical (unpaired) electrons. The Hall–Kier alpha value is -3.59. The second kappa shape index (κ2) is 8.57. The summed E-state index contributed by atoms with van der Waals surface area (Å²) in [5, 5.41) is 4.57. The first-order chi connectivity index (χ1) is 17.0. The lowest BCUT2D eigenvalue weighted by Crippen LogP contribution is -2.48. The summed E-state index contributed by atoms with van der Waals surface area (Å²) in [4.78, 5) is 24.7. The van der Waals surface area contributed by atoms with Gasteiger partial charge in [0, 0.05) is 40.9 Å². The maximum absolute atomic E-state index is 12.0. The number of benzene rings is 1. The molecule has 35 heavy (non-hydrogen) atoms. The average molecular weight is 486 g/mol. The number of carbonyl (C=O) groups is 1. The topological polar surface area (TPSA) is 115 Å². The molecule has 2 aliphatic rings. The summed E-state index contributed by atoms with van der Waals surface area (Å²) in [7, 11) is 0. The number of carbonyl (C=O) groups excluding carboxylic acids is 1. The number of hydrogen-bond acceptors (Lipinski definition) is 6. The minimum absolute atomic E-state index is 0.171. The summed E-state index contributed by atoms with van der Waals surface area (Å²) >= 11 is 1.60. The Kier molecular flexibility index (Phi) is 5.36. The van der Waals surface area contributed by atoms with E-state index in [2.05, 4.69) is 16.1 Å². The lowest BCUT2D eigenvalue weighted by molar-refractivity contribution is 0.144. The number of pyridine rings is 1. The van der Waals surface area contributed by atoms with Crippen molar-refractivity contribution < 1.29 is 4.79 Å². The summed E-state index contributed by atoms with van der Waals surface area (Å²) < 4.78 is 1.73. The van der Waals surface area contributed by atoms with Crippen molar-refractivity contribution in [3.05, 3.63) is 60.6 Å². The van der Waals surface area contributed by atoms with Gasteiger partial charge < -0.3 is 16.4 Å². The third-order valence-electron chi connectivity index (χ3n) is 7.39. The fraction of sp³-hybridized carbons (Fsp3) is 0.308. The van der Waals surface area contributed by atoms with Crippen molar-refractivity contribution in [3.8, 4) is 22.4 Å². The quantitative estimate of drug-likeness (QED) is 0.410. The molecule has 178 valence electrons. The van der Waals surface area contributed by atoms with Crippen molar-refractivity contribution in [3.63, 3.8) is 0 Å². The molecule has 5 heterocycles. The zero-order valence-corrected chi connectivity index (χ0v) is 20.3. The molecule has 0 saturated carbocycles. The summed E-state index contributed by atoms with van der Waals surface area (Å²) in [6, 6.07) is 14.2. The van der Waals surface area contributed by atoms with Gasteiger partial charge in [-0.15, -0.1) is 11.8 Å². The first-order valence-corrected chi connectivity index (χ1v) is 13.1. The molecule has 2 fully saturated rings. The Bertz CT molecular complexity index is 1390. The molecule has 4 aromatic rings. The van der Waals surface area contributed by atoms with Gasteiger partial charge >= 0.3 is 6.03 Å². The second-order valence-electron chi connectivity index (χ2n) is 9.31. The molecule has 2 bridgehead atoms. The molecule has 3 aromatic heterocycles. The van der Waals surface area contributed by atoms with Crippen LogP contribution in [0.25, 0.3) is 28.0 Å². The van der Waals surface area contributed by atoms with Crippen LogP contribution in [0.3, 0.4) is 0 Å². The van der Waals surface area contributed by atoms with Crippen molar-refractivity contribution in [2.24, 2.45) is 5.73 Å². The Morgan fingerprint density at radius 2 is 1.77 bits per heavy atom. The van der Waals surface area contributed by atoms with Crippen LogP contribution in [0.5, 0.6) is 0 Å². The molecule has 1 aromatic carbocycles. The lowest BCUT2D eigenvalue weighted by Gasteiger charge is -2.38. The monoisotopic (exact) mass is 485 g/mol. The average Bonchev–Trinajstić information content (AvgIpc) is 3.43. The van der Waals surface area contributed by atoms with Gasteiger partial charge in [-0.2, -0.15) is 9.61 Å². The Morgan fingerprint density at radius 1 is 1.03 bits per heavy atom. The maximum Gasteiger partial charge on any atom is 0.315 e. The number of aromatic nitrogens is 4. The van der Waals surface area contributed by atoms with Gasteiger partial charge in [0.2, 0.25) is 0 Å². The van der Waals surface area contributed by atoms with Crippen molar-refractivity contribution in [2.75, 3.05) is 12.0 Å². The first kappa shape index (κ1) is 21.9. The number of nitrogen functional groups attached to an aromatic ring is 1. The van der Waals surface area contributed by atoms with Gasteiger partial charge in [0.15, 0.2) is 5.65 Å². The van der Waals surface area contributed by atoms with Crippen LogP contribution in [0.1, 0.15) is 37.3 Å². The van der Waals surface area contributed by atoms with E-state index in [0.29, 0.717) is 5.82 Å². The first-order valence-electron chi connectivity index (χ1n) is 11.9. The van der Waals surface area contributed by atoms with Crippen LogP contribution in [0.4, 0.5) is 10.6 Å². The molecular weight excluding hydrogens is 458 g/mol. The van der Waals surface area contributed by atoms with E-state index in [1.165, 1.54) is 0 Å². The van der Waals surface area contributed by atoms with Crippen molar-refractivity contribution in [1.82, 2.24) is 24.5 Å². The molecule has 0 spiro atoms. The number of rotatable bonds is 4. The van der Waals surface area contributed by atoms with Gasteiger partial charge in [-0.1, -0.05) is 36.4 Å². The van der Waals surface area contributed by atoms with E-state index in [4.69, 9.17) is 16.5 Å². The van der Waals surface area contributed by atoms with Crippen LogP contribution in [-0.4, -0.2) is 48.9 Å². The van der Waals surface area contributed by atoms with Gasteiger partial charge in [-0.25, -0.2) is 9.78 Å². The van der Waals surface area contributed by atoms with E-state index in [-0.39, 0.29) is 24.0 Å². The smallest absolute Gasteiger partial charge is 0.315 e. The summed E-state index contributed by atoms with van der Waals surface area (Å²) in [6.45, 7) is 0. The number of amides is 2. The van der Waals surface area contributed by atoms with Crippen molar-refractivity contribution in [1.29, 1.82) is 0 Å². The molecule has 2 unspecified atom stereocenters. The number of nitrogens with zero attached hydrogens (tertiary/aromatic N) is 5. The number of primary amides is 1.